The largest absolute Gasteiger partial charge is 0.488 e. The average molecular weight is 166 g/mol. The van der Waals surface area contributed by atoms with Gasteiger partial charge in [0.1, 0.15) is 6.29 Å². The van der Waals surface area contributed by atoms with E-state index in [1.807, 2.05) is 6.92 Å². The van der Waals surface area contributed by atoms with Gasteiger partial charge in [-0.15, -0.1) is 0 Å². The Morgan fingerprint density at radius 1 is 1.67 bits per heavy atom. The summed E-state index contributed by atoms with van der Waals surface area (Å²) >= 11 is 0. The second-order valence-corrected chi connectivity index (χ2v) is 2.99. The number of allylic oxidation sites excluding steroid dienone is 4. The van der Waals surface area contributed by atoms with E-state index < -0.39 is 7.12 Å². The topological polar surface area (TPSA) is 57.5 Å². The van der Waals surface area contributed by atoms with Crippen molar-refractivity contribution in [3.05, 3.63) is 23.2 Å². The first-order valence-electron chi connectivity index (χ1n) is 3.88. The standard InChI is InChI=1S/C8H11BO3/c1-6-2-3-8(9(11)12)7(4-6)5-10/h3-6,11-12H,2H2,1H3. The van der Waals surface area contributed by atoms with Gasteiger partial charge in [-0.25, -0.2) is 0 Å². The van der Waals surface area contributed by atoms with Gasteiger partial charge in [-0.2, -0.15) is 0 Å². The van der Waals surface area contributed by atoms with E-state index in [0.29, 0.717) is 23.2 Å². The maximum atomic E-state index is 10.5. The molecular weight excluding hydrogens is 155 g/mol. The Bertz CT molecular complexity index is 243. The minimum absolute atomic E-state index is 0.299. The van der Waals surface area contributed by atoms with Crippen LogP contribution in [-0.2, 0) is 4.79 Å². The minimum atomic E-state index is -1.53. The Morgan fingerprint density at radius 3 is 2.83 bits per heavy atom. The lowest BCUT2D eigenvalue weighted by atomic mass is 9.71. The fourth-order valence-electron chi connectivity index (χ4n) is 1.26. The molecule has 1 atom stereocenters. The van der Waals surface area contributed by atoms with Crippen molar-refractivity contribution in [1.29, 1.82) is 0 Å². The van der Waals surface area contributed by atoms with Crippen LogP contribution in [0, 0.1) is 5.92 Å². The predicted octanol–water partition coefficient (Wildman–Crippen LogP) is 0.0899. The van der Waals surface area contributed by atoms with Gasteiger partial charge in [0.2, 0.25) is 0 Å². The summed E-state index contributed by atoms with van der Waals surface area (Å²) in [4.78, 5) is 10.5. The first-order valence-corrected chi connectivity index (χ1v) is 3.88. The Morgan fingerprint density at radius 2 is 2.33 bits per heavy atom. The fourth-order valence-corrected chi connectivity index (χ4v) is 1.26. The van der Waals surface area contributed by atoms with E-state index >= 15 is 0 Å². The molecule has 1 unspecified atom stereocenters. The molecule has 0 saturated heterocycles. The van der Waals surface area contributed by atoms with Crippen LogP contribution >= 0.6 is 0 Å². The summed E-state index contributed by atoms with van der Waals surface area (Å²) in [5.74, 6) is 0.299. The van der Waals surface area contributed by atoms with Crippen LogP contribution in [0.25, 0.3) is 0 Å². The van der Waals surface area contributed by atoms with Gasteiger partial charge in [-0.3, -0.25) is 4.79 Å². The van der Waals surface area contributed by atoms with Crippen LogP contribution < -0.4 is 0 Å². The van der Waals surface area contributed by atoms with E-state index in [9.17, 15) is 4.79 Å². The maximum Gasteiger partial charge on any atom is 0.488 e. The maximum absolute atomic E-state index is 10.5. The van der Waals surface area contributed by atoms with Crippen molar-refractivity contribution in [2.45, 2.75) is 13.3 Å². The van der Waals surface area contributed by atoms with E-state index in [2.05, 4.69) is 0 Å². The highest BCUT2D eigenvalue weighted by Gasteiger charge is 2.21. The molecule has 0 aromatic heterocycles. The molecule has 4 heteroatoms. The van der Waals surface area contributed by atoms with E-state index in [1.54, 1.807) is 12.2 Å². The molecule has 0 heterocycles. The summed E-state index contributed by atoms with van der Waals surface area (Å²) in [7, 11) is -1.53. The molecule has 0 bridgehead atoms. The molecule has 3 nitrogen and oxygen atoms in total. The summed E-state index contributed by atoms with van der Waals surface area (Å²) in [6.45, 7) is 1.97. The van der Waals surface area contributed by atoms with Gasteiger partial charge >= 0.3 is 7.12 Å². The SMILES string of the molecule is CC1C=C(C=O)C(B(O)O)=CC1. The number of hydrogen-bond acceptors (Lipinski definition) is 3. The number of aldehydes is 1. The van der Waals surface area contributed by atoms with Crippen molar-refractivity contribution in [2.24, 2.45) is 5.92 Å². The molecule has 0 aromatic rings. The number of carbonyl (C=O) groups excluding carboxylic acids is 1. The highest BCUT2D eigenvalue weighted by Crippen LogP contribution is 2.21. The van der Waals surface area contributed by atoms with Gasteiger partial charge in [0.15, 0.2) is 0 Å². The molecule has 0 aromatic carbocycles. The summed E-state index contributed by atoms with van der Waals surface area (Å²) in [6.07, 6.45) is 4.85. The lowest BCUT2D eigenvalue weighted by Gasteiger charge is -2.14. The van der Waals surface area contributed by atoms with E-state index in [4.69, 9.17) is 10.0 Å². The van der Waals surface area contributed by atoms with Crippen molar-refractivity contribution >= 4 is 13.4 Å². The third-order valence-electron chi connectivity index (χ3n) is 1.91. The normalized spacial score (nSPS) is 22.8. The Hall–Kier alpha value is -0.865. The average Bonchev–Trinajstić information content (AvgIpc) is 2.03. The molecule has 1 rings (SSSR count). The smallest absolute Gasteiger partial charge is 0.423 e. The van der Waals surface area contributed by atoms with Crippen LogP contribution in [0.5, 0.6) is 0 Å². The van der Waals surface area contributed by atoms with Crippen molar-refractivity contribution in [2.75, 3.05) is 0 Å². The minimum Gasteiger partial charge on any atom is -0.423 e. The Labute approximate surface area is 71.6 Å². The summed E-state index contributed by atoms with van der Waals surface area (Å²) in [6, 6.07) is 0. The van der Waals surface area contributed by atoms with Gasteiger partial charge in [0, 0.05) is 5.57 Å². The molecular formula is C8H11BO3. The first kappa shape index (κ1) is 9.22. The predicted molar refractivity (Wildman–Crippen MR) is 46.2 cm³/mol. The van der Waals surface area contributed by atoms with Crippen LogP contribution in [0.3, 0.4) is 0 Å². The molecule has 0 amide bonds. The zero-order valence-corrected chi connectivity index (χ0v) is 6.90. The van der Waals surface area contributed by atoms with Crippen molar-refractivity contribution < 1.29 is 14.8 Å². The quantitative estimate of drug-likeness (QED) is 0.451. The van der Waals surface area contributed by atoms with E-state index in [0.717, 1.165) is 6.42 Å². The third kappa shape index (κ3) is 1.84. The third-order valence-corrected chi connectivity index (χ3v) is 1.91. The first-order chi connectivity index (χ1) is 5.65. The van der Waals surface area contributed by atoms with Crippen molar-refractivity contribution in [3.63, 3.8) is 0 Å². The lowest BCUT2D eigenvalue weighted by molar-refractivity contribution is -0.104. The van der Waals surface area contributed by atoms with Gasteiger partial charge in [0.25, 0.3) is 0 Å². The van der Waals surface area contributed by atoms with E-state index in [1.165, 1.54) is 0 Å². The molecule has 2 N–H and O–H groups in total. The second-order valence-electron chi connectivity index (χ2n) is 2.99. The highest BCUT2D eigenvalue weighted by atomic mass is 16.4. The zero-order valence-electron chi connectivity index (χ0n) is 6.90. The second kappa shape index (κ2) is 3.69. The van der Waals surface area contributed by atoms with Crippen molar-refractivity contribution in [1.82, 2.24) is 0 Å². The molecule has 0 saturated carbocycles. The van der Waals surface area contributed by atoms with Crippen LogP contribution in [0.1, 0.15) is 13.3 Å². The van der Waals surface area contributed by atoms with Crippen LogP contribution in [-0.4, -0.2) is 23.5 Å². The number of rotatable bonds is 2. The van der Waals surface area contributed by atoms with Crippen LogP contribution in [0.4, 0.5) is 0 Å². The molecule has 0 fully saturated rings. The van der Waals surface area contributed by atoms with Gasteiger partial charge < -0.3 is 10.0 Å². The Balaban J connectivity index is 2.88. The molecule has 1 aliphatic carbocycles. The molecule has 0 spiro atoms. The summed E-state index contributed by atoms with van der Waals surface area (Å²) < 4.78 is 0. The molecule has 0 aliphatic heterocycles. The zero-order chi connectivity index (χ0) is 9.14. The number of carbonyl (C=O) groups is 1. The van der Waals surface area contributed by atoms with Gasteiger partial charge in [-0.1, -0.05) is 19.1 Å². The van der Waals surface area contributed by atoms with E-state index in [-0.39, 0.29) is 0 Å². The molecule has 0 radical (unpaired) electrons. The van der Waals surface area contributed by atoms with Gasteiger partial charge in [-0.05, 0) is 17.8 Å². The molecule has 64 valence electrons. The monoisotopic (exact) mass is 166 g/mol. The Kier molecular flexibility index (Phi) is 2.84. The van der Waals surface area contributed by atoms with Crippen LogP contribution in [0.15, 0.2) is 23.2 Å². The lowest BCUT2D eigenvalue weighted by Crippen LogP contribution is -2.20. The van der Waals surface area contributed by atoms with Crippen molar-refractivity contribution in [3.8, 4) is 0 Å². The van der Waals surface area contributed by atoms with Crippen LogP contribution in [0.2, 0.25) is 0 Å². The highest BCUT2D eigenvalue weighted by molar-refractivity contribution is 6.53. The summed E-state index contributed by atoms with van der Waals surface area (Å²) in [5, 5.41) is 17.7. The number of hydrogen-bond donors (Lipinski definition) is 2. The fraction of sp³-hybridized carbons (Fsp3) is 0.375. The molecule has 1 aliphatic rings. The summed E-state index contributed by atoms with van der Waals surface area (Å²) in [5.41, 5.74) is 0.715. The van der Waals surface area contributed by atoms with Gasteiger partial charge in [0.05, 0.1) is 0 Å². The molecule has 12 heavy (non-hydrogen) atoms.